The normalized spacial score (nSPS) is 18.2. The molecule has 0 saturated carbocycles. The molecule has 8 heteroatoms. The Hall–Kier alpha value is -2.48. The van der Waals surface area contributed by atoms with Crippen molar-refractivity contribution in [3.05, 3.63) is 57.5 Å². The van der Waals surface area contributed by atoms with Crippen LogP contribution in [-0.4, -0.2) is 51.4 Å². The number of thiophene rings is 1. The van der Waals surface area contributed by atoms with Crippen LogP contribution >= 0.6 is 22.9 Å². The van der Waals surface area contributed by atoms with Gasteiger partial charge in [-0.1, -0.05) is 17.7 Å². The number of anilines is 1. The summed E-state index contributed by atoms with van der Waals surface area (Å²) in [6.45, 7) is 7.23. The van der Waals surface area contributed by atoms with Crippen LogP contribution in [0.15, 0.2) is 42.7 Å². The Balaban J connectivity index is 1.40. The molecule has 0 aliphatic carbocycles. The number of nitrogen functional groups attached to an aromatic ring is 1. The molecule has 1 aliphatic heterocycles. The van der Waals surface area contributed by atoms with E-state index in [0.29, 0.717) is 12.4 Å². The van der Waals surface area contributed by atoms with E-state index in [9.17, 15) is 4.79 Å². The minimum absolute atomic E-state index is 0.0575. The van der Waals surface area contributed by atoms with Crippen molar-refractivity contribution in [3.8, 4) is 0 Å². The molecule has 2 aromatic heterocycles. The number of nitrogens with zero attached hydrogens (tertiary/aromatic N) is 4. The van der Waals surface area contributed by atoms with Gasteiger partial charge in [0.25, 0.3) is 0 Å². The maximum atomic E-state index is 12.8. The molecule has 3 aromatic rings. The van der Waals surface area contributed by atoms with E-state index in [0.717, 1.165) is 45.3 Å². The third-order valence-corrected chi connectivity index (χ3v) is 6.80. The minimum Gasteiger partial charge on any atom is -0.383 e. The van der Waals surface area contributed by atoms with E-state index in [1.165, 1.54) is 23.2 Å². The van der Waals surface area contributed by atoms with Gasteiger partial charge in [-0.15, -0.1) is 11.3 Å². The van der Waals surface area contributed by atoms with Gasteiger partial charge in [0.05, 0.1) is 9.85 Å². The Morgan fingerprint density at radius 2 is 2.13 bits per heavy atom. The summed E-state index contributed by atoms with van der Waals surface area (Å²) in [5.41, 5.74) is 8.90. The van der Waals surface area contributed by atoms with Crippen LogP contribution in [0.4, 0.5) is 5.82 Å². The van der Waals surface area contributed by atoms with Crippen LogP contribution in [-0.2, 0) is 11.3 Å². The average molecular weight is 442 g/mol. The van der Waals surface area contributed by atoms with Gasteiger partial charge in [-0.25, -0.2) is 9.97 Å². The van der Waals surface area contributed by atoms with Crippen LogP contribution in [0, 0.1) is 0 Å². The molecule has 0 spiro atoms. The number of halogens is 1. The van der Waals surface area contributed by atoms with E-state index >= 15 is 0 Å². The van der Waals surface area contributed by atoms with Gasteiger partial charge >= 0.3 is 0 Å². The molecule has 0 unspecified atom stereocenters. The maximum absolute atomic E-state index is 12.8. The van der Waals surface area contributed by atoms with Crippen molar-refractivity contribution in [1.82, 2.24) is 19.8 Å². The Labute approximate surface area is 185 Å². The van der Waals surface area contributed by atoms with Crippen molar-refractivity contribution in [2.45, 2.75) is 26.4 Å². The predicted molar refractivity (Wildman–Crippen MR) is 123 cm³/mol. The van der Waals surface area contributed by atoms with E-state index < -0.39 is 0 Å². The first kappa shape index (κ1) is 20.8. The number of nitrogens with two attached hydrogens (primary N) is 1. The van der Waals surface area contributed by atoms with E-state index in [2.05, 4.69) is 33.9 Å². The fraction of sp³-hybridized carbons (Fsp3) is 0.318. The van der Waals surface area contributed by atoms with Crippen LogP contribution in [0.1, 0.15) is 24.3 Å². The summed E-state index contributed by atoms with van der Waals surface area (Å²) in [5, 5.41) is 0.874. The number of hydrogen-bond donors (Lipinski definition) is 1. The van der Waals surface area contributed by atoms with Crippen LogP contribution in [0.2, 0.25) is 4.34 Å². The molecule has 2 N–H and O–H groups in total. The minimum atomic E-state index is 0.0575. The monoisotopic (exact) mass is 441 g/mol. The summed E-state index contributed by atoms with van der Waals surface area (Å²) in [4.78, 5) is 26.5. The average Bonchev–Trinajstić information content (AvgIpc) is 3.14. The zero-order valence-corrected chi connectivity index (χ0v) is 18.6. The summed E-state index contributed by atoms with van der Waals surface area (Å²) >= 11 is 7.50. The van der Waals surface area contributed by atoms with Gasteiger partial charge in [0.2, 0.25) is 5.91 Å². The summed E-state index contributed by atoms with van der Waals surface area (Å²) in [5.74, 6) is 0.558. The topological polar surface area (TPSA) is 75.4 Å². The molecular formula is C22H24ClN5OS. The lowest BCUT2D eigenvalue weighted by molar-refractivity contribution is -0.130. The first-order valence-corrected chi connectivity index (χ1v) is 11.1. The molecule has 4 rings (SSSR count). The molecule has 0 bridgehead atoms. The number of fused-ring (bicyclic) bond motifs is 1. The molecule has 1 fully saturated rings. The van der Waals surface area contributed by atoms with Crippen molar-refractivity contribution >= 4 is 51.1 Å². The third-order valence-electron chi connectivity index (χ3n) is 5.43. The molecule has 3 heterocycles. The van der Waals surface area contributed by atoms with Crippen LogP contribution in [0.25, 0.3) is 16.5 Å². The number of benzene rings is 1. The van der Waals surface area contributed by atoms with Gasteiger partial charge < -0.3 is 10.6 Å². The van der Waals surface area contributed by atoms with Gasteiger partial charge in [0, 0.05) is 48.6 Å². The van der Waals surface area contributed by atoms with Gasteiger partial charge in [0.15, 0.2) is 0 Å². The fourth-order valence-corrected chi connectivity index (χ4v) is 4.86. The van der Waals surface area contributed by atoms with Gasteiger partial charge in [-0.2, -0.15) is 0 Å². The molecule has 6 nitrogen and oxygen atoms in total. The Bertz CT molecular complexity index is 1110. The van der Waals surface area contributed by atoms with E-state index in [1.807, 2.05) is 30.0 Å². The smallest absolute Gasteiger partial charge is 0.247 e. The molecule has 30 heavy (non-hydrogen) atoms. The second-order valence-electron chi connectivity index (χ2n) is 7.66. The van der Waals surface area contributed by atoms with E-state index in [4.69, 9.17) is 17.3 Å². The molecular weight excluding hydrogens is 418 g/mol. The van der Waals surface area contributed by atoms with Crippen LogP contribution in [0.5, 0.6) is 0 Å². The van der Waals surface area contributed by atoms with Gasteiger partial charge in [-0.05, 0) is 49.2 Å². The van der Waals surface area contributed by atoms with Crippen LogP contribution in [0.3, 0.4) is 0 Å². The first-order valence-electron chi connectivity index (χ1n) is 9.87. The lowest BCUT2D eigenvalue weighted by Crippen LogP contribution is -2.53. The molecule has 1 atom stereocenters. The summed E-state index contributed by atoms with van der Waals surface area (Å²) in [7, 11) is 0. The van der Waals surface area contributed by atoms with Gasteiger partial charge in [-0.3, -0.25) is 9.69 Å². The van der Waals surface area contributed by atoms with Crippen molar-refractivity contribution in [1.29, 1.82) is 0 Å². The van der Waals surface area contributed by atoms with E-state index in [1.54, 1.807) is 6.08 Å². The highest BCUT2D eigenvalue weighted by atomic mass is 35.5. The van der Waals surface area contributed by atoms with Crippen molar-refractivity contribution in [3.63, 3.8) is 0 Å². The van der Waals surface area contributed by atoms with Gasteiger partial charge in [0.1, 0.15) is 12.1 Å². The first-order chi connectivity index (χ1) is 14.4. The number of allylic oxidation sites excluding steroid dienone is 1. The zero-order chi connectivity index (χ0) is 21.3. The van der Waals surface area contributed by atoms with Crippen molar-refractivity contribution in [2.24, 2.45) is 0 Å². The lowest BCUT2D eigenvalue weighted by atomic mass is 10.1. The molecule has 0 radical (unpaired) electrons. The third kappa shape index (κ3) is 4.48. The highest BCUT2D eigenvalue weighted by Crippen LogP contribution is 2.27. The molecule has 1 saturated heterocycles. The second-order valence-corrected chi connectivity index (χ2v) is 9.37. The highest BCUT2D eigenvalue weighted by Gasteiger charge is 2.26. The number of carbonyl (C=O) groups is 1. The standard InChI is InChI=1S/C22H24ClN5OS/c1-14(19-5-6-20(23)30-19)9-21(29)28-8-7-27(11-15(28)2)12-16-3-4-17-18(10-16)25-13-26-22(17)24/h3-6,9-10,13,15H,7-8,11-12H2,1-2H3,(H2,24,25,26)/t15-/m0/s1. The Morgan fingerprint density at radius 3 is 2.87 bits per heavy atom. The largest absolute Gasteiger partial charge is 0.383 e. The van der Waals surface area contributed by atoms with Crippen LogP contribution < -0.4 is 5.73 Å². The second kappa shape index (κ2) is 8.71. The number of amides is 1. The molecule has 1 amide bonds. The summed E-state index contributed by atoms with van der Waals surface area (Å²) < 4.78 is 0.732. The predicted octanol–water partition coefficient (Wildman–Crippen LogP) is 4.06. The summed E-state index contributed by atoms with van der Waals surface area (Å²) in [6, 6.07) is 10.1. The number of aromatic nitrogens is 2. The Morgan fingerprint density at radius 1 is 1.30 bits per heavy atom. The number of carbonyl (C=O) groups excluding carboxylic acids is 1. The molecule has 1 aromatic carbocycles. The molecule has 1 aliphatic rings. The van der Waals surface area contributed by atoms with Crippen molar-refractivity contribution < 1.29 is 4.79 Å². The lowest BCUT2D eigenvalue weighted by Gasteiger charge is -2.39. The zero-order valence-electron chi connectivity index (χ0n) is 17.0. The number of rotatable bonds is 4. The number of piperazine rings is 1. The number of hydrogen-bond acceptors (Lipinski definition) is 6. The molecule has 156 valence electrons. The highest BCUT2D eigenvalue weighted by molar-refractivity contribution is 7.17. The maximum Gasteiger partial charge on any atom is 0.247 e. The van der Waals surface area contributed by atoms with E-state index in [-0.39, 0.29) is 11.9 Å². The Kier molecular flexibility index (Phi) is 6.04. The summed E-state index contributed by atoms with van der Waals surface area (Å²) in [6.07, 6.45) is 3.22. The fourth-order valence-electron chi connectivity index (χ4n) is 3.85. The van der Waals surface area contributed by atoms with Crippen molar-refractivity contribution in [2.75, 3.05) is 25.4 Å². The quantitative estimate of drug-likeness (QED) is 0.618. The SMILES string of the molecule is CC(=CC(=O)N1CCN(Cc2ccc3c(N)ncnc3c2)C[C@@H]1C)c1ccc(Cl)s1.